The van der Waals surface area contributed by atoms with Crippen LogP contribution in [-0.4, -0.2) is 42.8 Å². The van der Waals surface area contributed by atoms with Gasteiger partial charge in [0, 0.05) is 31.6 Å². The van der Waals surface area contributed by atoms with Gasteiger partial charge in [0.05, 0.1) is 13.7 Å². The minimum absolute atomic E-state index is 0.0413. The Kier molecular flexibility index (Phi) is 7.63. The van der Waals surface area contributed by atoms with Crippen LogP contribution >= 0.6 is 0 Å². The number of likely N-dealkylation sites (N-methyl/N-ethyl adjacent to an activating group) is 1. The van der Waals surface area contributed by atoms with Gasteiger partial charge in [0.15, 0.2) is 0 Å². The van der Waals surface area contributed by atoms with Crippen molar-refractivity contribution in [3.05, 3.63) is 72.0 Å². The highest BCUT2D eigenvalue weighted by Crippen LogP contribution is 2.19. The van der Waals surface area contributed by atoms with Gasteiger partial charge in [-0.15, -0.1) is 0 Å². The highest BCUT2D eigenvalue weighted by molar-refractivity contribution is 5.80. The van der Waals surface area contributed by atoms with Gasteiger partial charge in [-0.25, -0.2) is 0 Å². The van der Waals surface area contributed by atoms with Gasteiger partial charge in [0.2, 0.25) is 0 Å². The summed E-state index contributed by atoms with van der Waals surface area (Å²) < 4.78 is 16.4. The van der Waals surface area contributed by atoms with E-state index in [1.54, 1.807) is 26.0 Å². The van der Waals surface area contributed by atoms with Gasteiger partial charge in [-0.1, -0.05) is 47.6 Å². The number of ether oxygens (including phenoxy) is 2. The largest absolute Gasteiger partial charge is 0.497 e. The maximum absolute atomic E-state index is 12.6. The Balaban J connectivity index is 1.42. The molecule has 3 rings (SSSR count). The molecule has 2 aromatic carbocycles. The number of methoxy groups -OCH3 is 1. The summed E-state index contributed by atoms with van der Waals surface area (Å²) in [6, 6.07) is 19.5. The van der Waals surface area contributed by atoms with Crippen molar-refractivity contribution in [2.24, 2.45) is 0 Å². The molecular formula is C24H28N2O4. The Morgan fingerprint density at radius 2 is 1.93 bits per heavy atom. The van der Waals surface area contributed by atoms with Gasteiger partial charge in [0.25, 0.3) is 5.91 Å². The highest BCUT2D eigenvalue weighted by Gasteiger charge is 2.18. The number of hydrogen-bond acceptors (Lipinski definition) is 5. The molecule has 30 heavy (non-hydrogen) atoms. The van der Waals surface area contributed by atoms with E-state index in [9.17, 15) is 4.79 Å². The quantitative estimate of drug-likeness (QED) is 0.499. The van der Waals surface area contributed by atoms with Gasteiger partial charge in [-0.05, 0) is 31.0 Å². The van der Waals surface area contributed by atoms with E-state index in [1.165, 1.54) is 0 Å². The molecule has 6 nitrogen and oxygen atoms in total. The summed E-state index contributed by atoms with van der Waals surface area (Å²) in [6.07, 6.45) is 0.987. The number of hydrogen-bond donors (Lipinski definition) is 0. The average molecular weight is 408 g/mol. The zero-order valence-corrected chi connectivity index (χ0v) is 17.7. The number of aryl methyl sites for hydroxylation is 1. The summed E-state index contributed by atoms with van der Waals surface area (Å²) in [5.41, 5.74) is 2.83. The first-order valence-corrected chi connectivity index (χ1v) is 10.1. The Morgan fingerprint density at radius 1 is 1.13 bits per heavy atom. The molecule has 0 fully saturated rings. The van der Waals surface area contributed by atoms with Crippen LogP contribution in [0.5, 0.6) is 5.75 Å². The van der Waals surface area contributed by atoms with Crippen molar-refractivity contribution in [2.45, 2.75) is 32.5 Å². The molecule has 158 valence electrons. The second kappa shape index (κ2) is 10.6. The smallest absolute Gasteiger partial charge is 0.251 e. The highest BCUT2D eigenvalue weighted by atomic mass is 16.5. The van der Waals surface area contributed by atoms with Crippen LogP contribution in [0.2, 0.25) is 0 Å². The molecule has 0 spiro atoms. The molecule has 1 amide bonds. The Morgan fingerprint density at radius 3 is 2.70 bits per heavy atom. The predicted molar refractivity (Wildman–Crippen MR) is 115 cm³/mol. The lowest BCUT2D eigenvalue weighted by atomic mass is 10.1. The van der Waals surface area contributed by atoms with Gasteiger partial charge in [-0.3, -0.25) is 4.79 Å². The first-order chi connectivity index (χ1) is 14.6. The standard InChI is InChI=1S/C24H28N2O4/c1-18(29-17-19-9-7-12-21(15-19)28-3)24(27)26(2)14-8-13-22-16-23(25-30-22)20-10-5-4-6-11-20/h4-7,9-12,15-16,18H,8,13-14,17H2,1-3H3. The molecule has 0 aliphatic carbocycles. The molecule has 0 radical (unpaired) electrons. The van der Waals surface area contributed by atoms with Crippen LogP contribution < -0.4 is 4.74 Å². The van der Waals surface area contributed by atoms with Gasteiger partial charge in [-0.2, -0.15) is 0 Å². The molecule has 0 aliphatic rings. The van der Waals surface area contributed by atoms with Crippen molar-refractivity contribution < 1.29 is 18.8 Å². The summed E-state index contributed by atoms with van der Waals surface area (Å²) in [7, 11) is 3.42. The minimum Gasteiger partial charge on any atom is -0.497 e. The van der Waals surface area contributed by atoms with E-state index >= 15 is 0 Å². The van der Waals surface area contributed by atoms with Crippen molar-refractivity contribution in [1.82, 2.24) is 10.1 Å². The second-order valence-corrected chi connectivity index (χ2v) is 7.21. The van der Waals surface area contributed by atoms with E-state index in [2.05, 4.69) is 5.16 Å². The third-order valence-electron chi connectivity index (χ3n) is 4.90. The monoisotopic (exact) mass is 408 g/mol. The Bertz CT molecular complexity index is 939. The zero-order chi connectivity index (χ0) is 21.3. The van der Waals surface area contributed by atoms with Crippen molar-refractivity contribution in [3.8, 4) is 17.0 Å². The Hall–Kier alpha value is -3.12. The van der Waals surface area contributed by atoms with Crippen LogP contribution in [-0.2, 0) is 22.6 Å². The molecular weight excluding hydrogens is 380 g/mol. The van der Waals surface area contributed by atoms with Crippen LogP contribution in [0.3, 0.4) is 0 Å². The van der Waals surface area contributed by atoms with Crippen molar-refractivity contribution in [1.29, 1.82) is 0 Å². The molecule has 0 aliphatic heterocycles. The fourth-order valence-electron chi connectivity index (χ4n) is 3.14. The molecule has 1 atom stereocenters. The van der Waals surface area contributed by atoms with Crippen LogP contribution in [0.25, 0.3) is 11.3 Å². The van der Waals surface area contributed by atoms with Gasteiger partial charge >= 0.3 is 0 Å². The predicted octanol–water partition coefficient (Wildman–Crippen LogP) is 4.35. The topological polar surface area (TPSA) is 64.8 Å². The molecule has 6 heteroatoms. The van der Waals surface area contributed by atoms with Crippen molar-refractivity contribution in [3.63, 3.8) is 0 Å². The van der Waals surface area contributed by atoms with Crippen LogP contribution in [0.1, 0.15) is 24.7 Å². The van der Waals surface area contributed by atoms with E-state index < -0.39 is 6.10 Å². The molecule has 3 aromatic rings. The summed E-state index contributed by atoms with van der Waals surface area (Å²) in [4.78, 5) is 14.3. The number of carbonyl (C=O) groups excluding carboxylic acids is 1. The molecule has 0 saturated carbocycles. The van der Waals surface area contributed by atoms with E-state index in [0.717, 1.165) is 41.2 Å². The summed E-state index contributed by atoms with van der Waals surface area (Å²) in [5, 5.41) is 4.13. The SMILES string of the molecule is COc1cccc(COC(C)C(=O)N(C)CCCc2cc(-c3ccccc3)no2)c1. The van der Waals surface area contributed by atoms with Crippen LogP contribution in [0, 0.1) is 0 Å². The van der Waals surface area contributed by atoms with E-state index in [-0.39, 0.29) is 5.91 Å². The lowest BCUT2D eigenvalue weighted by Gasteiger charge is -2.21. The molecule has 0 N–H and O–H groups in total. The summed E-state index contributed by atoms with van der Waals surface area (Å²) in [5.74, 6) is 1.55. The van der Waals surface area contributed by atoms with Crippen molar-refractivity contribution in [2.75, 3.05) is 20.7 Å². The normalized spacial score (nSPS) is 11.8. The number of benzene rings is 2. The van der Waals surface area contributed by atoms with E-state index in [1.807, 2.05) is 60.7 Å². The number of nitrogens with zero attached hydrogens (tertiary/aromatic N) is 2. The maximum Gasteiger partial charge on any atom is 0.251 e. The zero-order valence-electron chi connectivity index (χ0n) is 17.7. The van der Waals surface area contributed by atoms with E-state index in [4.69, 9.17) is 14.0 Å². The summed E-state index contributed by atoms with van der Waals surface area (Å²) in [6.45, 7) is 2.76. The summed E-state index contributed by atoms with van der Waals surface area (Å²) >= 11 is 0. The third-order valence-corrected chi connectivity index (χ3v) is 4.90. The number of amides is 1. The average Bonchev–Trinajstić information content (AvgIpc) is 3.26. The first-order valence-electron chi connectivity index (χ1n) is 10.1. The lowest BCUT2D eigenvalue weighted by Crippen LogP contribution is -2.37. The number of rotatable bonds is 10. The number of carbonyl (C=O) groups is 1. The lowest BCUT2D eigenvalue weighted by molar-refractivity contribution is -0.142. The molecule has 1 unspecified atom stereocenters. The fraction of sp³-hybridized carbons (Fsp3) is 0.333. The second-order valence-electron chi connectivity index (χ2n) is 7.21. The maximum atomic E-state index is 12.6. The Labute approximate surface area is 177 Å². The third kappa shape index (κ3) is 5.94. The number of aromatic nitrogens is 1. The molecule has 1 aromatic heterocycles. The molecule has 0 bridgehead atoms. The van der Waals surface area contributed by atoms with Crippen molar-refractivity contribution >= 4 is 5.91 Å². The van der Waals surface area contributed by atoms with Crippen LogP contribution in [0.15, 0.2) is 65.2 Å². The van der Waals surface area contributed by atoms with E-state index in [0.29, 0.717) is 13.2 Å². The van der Waals surface area contributed by atoms with Crippen LogP contribution in [0.4, 0.5) is 0 Å². The first kappa shape index (κ1) is 21.6. The molecule has 1 heterocycles. The minimum atomic E-state index is -0.517. The fourth-order valence-corrected chi connectivity index (χ4v) is 3.14. The van der Waals surface area contributed by atoms with Gasteiger partial charge < -0.3 is 18.9 Å². The van der Waals surface area contributed by atoms with Gasteiger partial charge in [0.1, 0.15) is 23.3 Å². The molecule has 0 saturated heterocycles.